The highest BCUT2D eigenvalue weighted by Crippen LogP contribution is 2.27. The molecule has 154 valence electrons. The van der Waals surface area contributed by atoms with Crippen LogP contribution < -0.4 is 10.0 Å². The average Bonchev–Trinajstić information content (AvgIpc) is 3.35. The lowest BCUT2D eigenvalue weighted by atomic mass is 10.1. The number of carbonyl (C=O) groups is 1. The van der Waals surface area contributed by atoms with Crippen molar-refractivity contribution in [2.45, 2.75) is 13.5 Å². The summed E-state index contributed by atoms with van der Waals surface area (Å²) in [5.74, 6) is 0.155. The van der Waals surface area contributed by atoms with Gasteiger partial charge in [-0.1, -0.05) is 17.3 Å². The Bertz CT molecular complexity index is 1330. The maximum atomic E-state index is 13.0. The Kier molecular flexibility index (Phi) is 5.00. The van der Waals surface area contributed by atoms with Crippen LogP contribution in [0.1, 0.15) is 21.6 Å². The van der Waals surface area contributed by atoms with E-state index >= 15 is 0 Å². The van der Waals surface area contributed by atoms with Crippen LogP contribution in [0, 0.1) is 6.92 Å². The summed E-state index contributed by atoms with van der Waals surface area (Å²) in [6, 6.07) is 11.9. The summed E-state index contributed by atoms with van der Waals surface area (Å²) in [5, 5.41) is 7.28. The van der Waals surface area contributed by atoms with Gasteiger partial charge in [-0.05, 0) is 42.8 Å². The molecule has 3 aromatic heterocycles. The third kappa shape index (κ3) is 4.18. The third-order valence-corrected chi connectivity index (χ3v) is 4.93. The molecule has 0 aliphatic rings. The number of furan rings is 1. The van der Waals surface area contributed by atoms with E-state index in [-0.39, 0.29) is 18.2 Å². The highest BCUT2D eigenvalue weighted by Gasteiger charge is 2.20. The number of sulfonamides is 1. The number of amides is 1. The number of aryl methyl sites for hydroxylation is 1. The number of nitrogens with zero attached hydrogens (tertiary/aromatic N) is 2. The molecule has 2 N–H and O–H groups in total. The number of rotatable bonds is 6. The van der Waals surface area contributed by atoms with E-state index in [0.29, 0.717) is 33.8 Å². The Balaban J connectivity index is 1.61. The second kappa shape index (κ2) is 7.64. The average molecular weight is 426 g/mol. The fraction of sp³-hybridized carbons (Fsp3) is 0.150. The van der Waals surface area contributed by atoms with Crippen LogP contribution in [0.25, 0.3) is 22.6 Å². The fourth-order valence-electron chi connectivity index (χ4n) is 3.06. The second-order valence-corrected chi connectivity index (χ2v) is 8.49. The Labute approximate surface area is 172 Å². The number of benzene rings is 1. The lowest BCUT2D eigenvalue weighted by Gasteiger charge is -2.09. The van der Waals surface area contributed by atoms with Crippen LogP contribution >= 0.6 is 0 Å². The molecule has 0 saturated heterocycles. The molecule has 30 heavy (non-hydrogen) atoms. The number of nitrogens with one attached hydrogen (secondary N) is 2. The number of fused-ring (bicyclic) bond motifs is 1. The van der Waals surface area contributed by atoms with Crippen molar-refractivity contribution in [1.82, 2.24) is 15.5 Å². The summed E-state index contributed by atoms with van der Waals surface area (Å²) in [4.78, 5) is 17.3. The number of anilines is 1. The Morgan fingerprint density at radius 3 is 2.73 bits per heavy atom. The minimum absolute atomic E-state index is 0.197. The molecule has 1 aromatic carbocycles. The molecule has 0 fully saturated rings. The maximum absolute atomic E-state index is 13.0. The topological polar surface area (TPSA) is 127 Å². The summed E-state index contributed by atoms with van der Waals surface area (Å²) in [5.41, 5.74) is 2.75. The van der Waals surface area contributed by atoms with Crippen LogP contribution in [0.5, 0.6) is 0 Å². The minimum Gasteiger partial charge on any atom is -0.463 e. The molecule has 1 amide bonds. The highest BCUT2D eigenvalue weighted by molar-refractivity contribution is 7.92. The molecular weight excluding hydrogens is 408 g/mol. The number of hydrogen-bond donors (Lipinski definition) is 2. The van der Waals surface area contributed by atoms with E-state index in [1.807, 2.05) is 0 Å². The molecule has 0 aliphatic carbocycles. The van der Waals surface area contributed by atoms with Gasteiger partial charge in [0.15, 0.2) is 5.76 Å². The predicted molar refractivity (Wildman–Crippen MR) is 110 cm³/mol. The van der Waals surface area contributed by atoms with Gasteiger partial charge >= 0.3 is 0 Å². The summed E-state index contributed by atoms with van der Waals surface area (Å²) in [6.07, 6.45) is 2.60. The molecule has 0 saturated carbocycles. The molecule has 4 aromatic rings. The van der Waals surface area contributed by atoms with Gasteiger partial charge in [-0.2, -0.15) is 0 Å². The van der Waals surface area contributed by atoms with E-state index in [1.54, 1.807) is 49.4 Å². The van der Waals surface area contributed by atoms with Gasteiger partial charge in [0.25, 0.3) is 11.6 Å². The molecule has 3 heterocycles. The predicted octanol–water partition coefficient (Wildman–Crippen LogP) is 3.09. The summed E-state index contributed by atoms with van der Waals surface area (Å²) in [6.45, 7) is 1.93. The zero-order chi connectivity index (χ0) is 21.3. The lowest BCUT2D eigenvalue weighted by Crippen LogP contribution is -2.23. The van der Waals surface area contributed by atoms with Crippen molar-refractivity contribution in [2.24, 2.45) is 0 Å². The van der Waals surface area contributed by atoms with Crippen LogP contribution in [-0.4, -0.2) is 30.7 Å². The van der Waals surface area contributed by atoms with Crippen LogP contribution in [0.3, 0.4) is 0 Å². The smallest absolute Gasteiger partial charge is 0.259 e. The maximum Gasteiger partial charge on any atom is 0.259 e. The van der Waals surface area contributed by atoms with E-state index in [1.165, 1.54) is 6.26 Å². The highest BCUT2D eigenvalue weighted by atomic mass is 32.2. The van der Waals surface area contributed by atoms with Crippen molar-refractivity contribution in [3.05, 3.63) is 65.5 Å². The molecule has 0 spiro atoms. The molecule has 9 nitrogen and oxygen atoms in total. The van der Waals surface area contributed by atoms with E-state index in [2.05, 4.69) is 20.2 Å². The Morgan fingerprint density at radius 2 is 2.00 bits per heavy atom. The number of pyridine rings is 1. The van der Waals surface area contributed by atoms with Gasteiger partial charge in [0, 0.05) is 12.2 Å². The molecule has 0 aliphatic heterocycles. The SMILES string of the molecule is Cc1noc2nc(-c3ccco3)cc(C(=O)NCc3cccc(NS(C)(=O)=O)c3)c12. The summed E-state index contributed by atoms with van der Waals surface area (Å²) >= 11 is 0. The van der Waals surface area contributed by atoms with Crippen molar-refractivity contribution >= 4 is 32.7 Å². The van der Waals surface area contributed by atoms with Crippen molar-refractivity contribution in [1.29, 1.82) is 0 Å². The second-order valence-electron chi connectivity index (χ2n) is 6.74. The molecule has 4 rings (SSSR count). The number of aromatic nitrogens is 2. The first-order chi connectivity index (χ1) is 14.3. The lowest BCUT2D eigenvalue weighted by molar-refractivity contribution is 0.0952. The van der Waals surface area contributed by atoms with Gasteiger partial charge < -0.3 is 14.3 Å². The summed E-state index contributed by atoms with van der Waals surface area (Å²) < 4.78 is 35.9. The molecule has 0 unspecified atom stereocenters. The first-order valence-corrected chi connectivity index (χ1v) is 10.8. The molecule has 0 bridgehead atoms. The monoisotopic (exact) mass is 426 g/mol. The largest absolute Gasteiger partial charge is 0.463 e. The standard InChI is InChI=1S/C20H18N4O5S/c1-12-18-15(10-16(17-7-4-8-28-17)22-20(18)29-23-12)19(25)21-11-13-5-3-6-14(9-13)24-30(2,26)27/h3-10,24H,11H2,1-2H3,(H,21,25). The Hall–Kier alpha value is -3.66. The zero-order valence-corrected chi connectivity index (χ0v) is 17.0. The molecule has 0 atom stereocenters. The van der Waals surface area contributed by atoms with Crippen LogP contribution in [0.4, 0.5) is 5.69 Å². The molecular formula is C20H18N4O5S. The normalized spacial score (nSPS) is 11.5. The van der Waals surface area contributed by atoms with Gasteiger partial charge in [-0.15, -0.1) is 0 Å². The number of carbonyl (C=O) groups excluding carboxylic acids is 1. The molecule has 0 radical (unpaired) electrons. The van der Waals surface area contributed by atoms with Gasteiger partial charge in [0.2, 0.25) is 10.0 Å². The van der Waals surface area contributed by atoms with Crippen molar-refractivity contribution < 1.29 is 22.2 Å². The van der Waals surface area contributed by atoms with Crippen molar-refractivity contribution in [3.8, 4) is 11.5 Å². The Morgan fingerprint density at radius 1 is 1.17 bits per heavy atom. The van der Waals surface area contributed by atoms with E-state index in [9.17, 15) is 13.2 Å². The van der Waals surface area contributed by atoms with E-state index in [4.69, 9.17) is 8.94 Å². The number of hydrogen-bond acceptors (Lipinski definition) is 7. The minimum atomic E-state index is -3.39. The van der Waals surface area contributed by atoms with Gasteiger partial charge in [-0.3, -0.25) is 9.52 Å². The van der Waals surface area contributed by atoms with Gasteiger partial charge in [0.05, 0.1) is 29.2 Å². The summed E-state index contributed by atoms with van der Waals surface area (Å²) in [7, 11) is -3.39. The van der Waals surface area contributed by atoms with Crippen molar-refractivity contribution in [3.63, 3.8) is 0 Å². The van der Waals surface area contributed by atoms with Crippen LogP contribution in [0.2, 0.25) is 0 Å². The van der Waals surface area contributed by atoms with E-state index in [0.717, 1.165) is 11.8 Å². The molecule has 10 heteroatoms. The first kappa shape index (κ1) is 19.6. The van der Waals surface area contributed by atoms with E-state index < -0.39 is 10.0 Å². The quantitative estimate of drug-likeness (QED) is 0.485. The first-order valence-electron chi connectivity index (χ1n) is 8.96. The third-order valence-electron chi connectivity index (χ3n) is 4.32. The van der Waals surface area contributed by atoms with Crippen LogP contribution in [-0.2, 0) is 16.6 Å². The van der Waals surface area contributed by atoms with Crippen molar-refractivity contribution in [2.75, 3.05) is 11.0 Å². The van der Waals surface area contributed by atoms with Gasteiger partial charge in [0.1, 0.15) is 5.69 Å². The fourth-order valence-corrected chi connectivity index (χ4v) is 3.62. The zero-order valence-electron chi connectivity index (χ0n) is 16.2. The van der Waals surface area contributed by atoms with Crippen LogP contribution in [0.15, 0.2) is 57.7 Å². The van der Waals surface area contributed by atoms with Gasteiger partial charge in [-0.25, -0.2) is 13.4 Å².